The second-order valence-electron chi connectivity index (χ2n) is 4.96. The van der Waals surface area contributed by atoms with Gasteiger partial charge in [0.15, 0.2) is 0 Å². The van der Waals surface area contributed by atoms with E-state index in [4.69, 9.17) is 0 Å². The molecule has 0 saturated heterocycles. The maximum atomic E-state index is 4.51. The van der Waals surface area contributed by atoms with Gasteiger partial charge in [-0.2, -0.15) is 5.10 Å². The van der Waals surface area contributed by atoms with Crippen molar-refractivity contribution in [1.82, 2.24) is 14.6 Å². The Morgan fingerprint density at radius 2 is 2.05 bits per heavy atom. The van der Waals surface area contributed by atoms with Crippen molar-refractivity contribution in [3.05, 3.63) is 71.8 Å². The van der Waals surface area contributed by atoms with Crippen LogP contribution in [0.4, 0.5) is 0 Å². The van der Waals surface area contributed by atoms with Crippen molar-refractivity contribution >= 4 is 11.6 Å². The first-order valence-corrected chi connectivity index (χ1v) is 6.72. The lowest BCUT2D eigenvalue weighted by Gasteiger charge is -2.12. The van der Waals surface area contributed by atoms with Crippen molar-refractivity contribution in [3.63, 3.8) is 0 Å². The normalized spacial score (nSPS) is 12.5. The third kappa shape index (κ3) is 1.83. The minimum atomic E-state index is 0.236. The standard InChI is InChI=1S/C17H17N3/c1-4-15-13(3)17(20-16(15)8-6-10-19-20)12(2)14-7-5-9-18-11-14/h4-12H,1H2,2-3H3. The zero-order chi connectivity index (χ0) is 14.1. The van der Waals surface area contributed by atoms with Gasteiger partial charge in [0.05, 0.1) is 11.2 Å². The summed E-state index contributed by atoms with van der Waals surface area (Å²) in [6, 6.07) is 8.11. The second-order valence-corrected chi connectivity index (χ2v) is 4.96. The van der Waals surface area contributed by atoms with Crippen molar-refractivity contribution in [2.24, 2.45) is 0 Å². The molecule has 3 heterocycles. The molecule has 1 unspecified atom stereocenters. The van der Waals surface area contributed by atoms with Crippen LogP contribution in [0.15, 0.2) is 49.4 Å². The SMILES string of the molecule is C=Cc1c(C)c(C(C)c2cccnc2)n2ncccc12. The first-order valence-electron chi connectivity index (χ1n) is 6.72. The average molecular weight is 263 g/mol. The second kappa shape index (κ2) is 4.93. The van der Waals surface area contributed by atoms with Gasteiger partial charge in [-0.25, -0.2) is 4.52 Å². The summed E-state index contributed by atoms with van der Waals surface area (Å²) < 4.78 is 2.02. The smallest absolute Gasteiger partial charge is 0.0725 e. The van der Waals surface area contributed by atoms with E-state index < -0.39 is 0 Å². The summed E-state index contributed by atoms with van der Waals surface area (Å²) in [6.45, 7) is 8.25. The van der Waals surface area contributed by atoms with Gasteiger partial charge in [0, 0.05) is 30.1 Å². The van der Waals surface area contributed by atoms with Gasteiger partial charge in [-0.05, 0) is 36.2 Å². The van der Waals surface area contributed by atoms with Gasteiger partial charge in [0.1, 0.15) is 0 Å². The summed E-state index contributed by atoms with van der Waals surface area (Å²) in [4.78, 5) is 4.22. The Kier molecular flexibility index (Phi) is 3.11. The van der Waals surface area contributed by atoms with E-state index in [9.17, 15) is 0 Å². The van der Waals surface area contributed by atoms with Crippen LogP contribution in [0.1, 0.15) is 35.2 Å². The van der Waals surface area contributed by atoms with Gasteiger partial charge in [0.25, 0.3) is 0 Å². The maximum absolute atomic E-state index is 4.51. The molecule has 20 heavy (non-hydrogen) atoms. The van der Waals surface area contributed by atoms with Gasteiger partial charge >= 0.3 is 0 Å². The first-order chi connectivity index (χ1) is 9.74. The van der Waals surface area contributed by atoms with E-state index in [2.05, 4.69) is 42.6 Å². The molecule has 0 fully saturated rings. The van der Waals surface area contributed by atoms with Crippen LogP contribution in [0.5, 0.6) is 0 Å². The molecule has 3 aromatic heterocycles. The number of rotatable bonds is 3. The van der Waals surface area contributed by atoms with Crippen molar-refractivity contribution in [2.45, 2.75) is 19.8 Å². The predicted octanol–water partition coefficient (Wildman–Crippen LogP) is 3.83. The lowest BCUT2D eigenvalue weighted by molar-refractivity contribution is 0.779. The third-order valence-corrected chi connectivity index (χ3v) is 3.84. The molecule has 100 valence electrons. The molecule has 3 aromatic rings. The molecule has 0 saturated carbocycles. The van der Waals surface area contributed by atoms with E-state index in [1.165, 1.54) is 16.8 Å². The van der Waals surface area contributed by atoms with Gasteiger partial charge < -0.3 is 0 Å². The Morgan fingerprint density at radius 3 is 2.75 bits per heavy atom. The molecule has 0 aromatic carbocycles. The van der Waals surface area contributed by atoms with Crippen LogP contribution in [0.2, 0.25) is 0 Å². The number of hydrogen-bond donors (Lipinski definition) is 0. The van der Waals surface area contributed by atoms with Crippen molar-refractivity contribution in [1.29, 1.82) is 0 Å². The number of nitrogens with zero attached hydrogens (tertiary/aromatic N) is 3. The van der Waals surface area contributed by atoms with Crippen LogP contribution >= 0.6 is 0 Å². The predicted molar refractivity (Wildman–Crippen MR) is 81.8 cm³/mol. The van der Waals surface area contributed by atoms with Crippen molar-refractivity contribution in [3.8, 4) is 0 Å². The van der Waals surface area contributed by atoms with Crippen molar-refractivity contribution in [2.75, 3.05) is 0 Å². The van der Waals surface area contributed by atoms with Crippen LogP contribution < -0.4 is 0 Å². The van der Waals surface area contributed by atoms with E-state index in [1.54, 1.807) is 6.20 Å². The number of pyridine rings is 1. The van der Waals surface area contributed by atoms with Gasteiger partial charge in [-0.3, -0.25) is 4.98 Å². The molecular weight excluding hydrogens is 246 g/mol. The highest BCUT2D eigenvalue weighted by atomic mass is 15.2. The summed E-state index contributed by atoms with van der Waals surface area (Å²) in [5.41, 5.74) is 5.88. The molecule has 3 heteroatoms. The fourth-order valence-corrected chi connectivity index (χ4v) is 2.81. The fraction of sp³-hybridized carbons (Fsp3) is 0.176. The molecule has 0 aliphatic heterocycles. The highest BCUT2D eigenvalue weighted by Gasteiger charge is 2.20. The van der Waals surface area contributed by atoms with E-state index >= 15 is 0 Å². The van der Waals surface area contributed by atoms with E-state index in [1.807, 2.05) is 35.1 Å². The van der Waals surface area contributed by atoms with Gasteiger partial charge in [0.2, 0.25) is 0 Å². The topological polar surface area (TPSA) is 30.2 Å². The summed E-state index contributed by atoms with van der Waals surface area (Å²) in [5.74, 6) is 0.236. The fourth-order valence-electron chi connectivity index (χ4n) is 2.81. The lowest BCUT2D eigenvalue weighted by Crippen LogP contribution is -2.04. The van der Waals surface area contributed by atoms with E-state index in [-0.39, 0.29) is 5.92 Å². The minimum Gasteiger partial charge on any atom is -0.264 e. The van der Waals surface area contributed by atoms with E-state index in [0.29, 0.717) is 0 Å². The Labute approximate surface area is 118 Å². The number of aromatic nitrogens is 3. The van der Waals surface area contributed by atoms with Crippen LogP contribution in [0.25, 0.3) is 11.6 Å². The number of fused-ring (bicyclic) bond motifs is 1. The monoisotopic (exact) mass is 263 g/mol. The molecule has 0 aliphatic carbocycles. The Bertz CT molecular complexity index is 757. The Morgan fingerprint density at radius 1 is 1.25 bits per heavy atom. The van der Waals surface area contributed by atoms with Crippen LogP contribution in [0.3, 0.4) is 0 Å². The average Bonchev–Trinajstić information content (AvgIpc) is 2.79. The highest BCUT2D eigenvalue weighted by Crippen LogP contribution is 2.32. The summed E-state index contributed by atoms with van der Waals surface area (Å²) >= 11 is 0. The Balaban J connectivity index is 2.26. The van der Waals surface area contributed by atoms with Crippen LogP contribution in [0, 0.1) is 6.92 Å². The number of hydrogen-bond acceptors (Lipinski definition) is 2. The molecule has 0 N–H and O–H groups in total. The third-order valence-electron chi connectivity index (χ3n) is 3.84. The zero-order valence-corrected chi connectivity index (χ0v) is 11.7. The highest BCUT2D eigenvalue weighted by molar-refractivity contribution is 5.73. The van der Waals surface area contributed by atoms with Crippen LogP contribution in [-0.2, 0) is 0 Å². The molecule has 0 aliphatic rings. The molecular formula is C17H17N3. The molecule has 3 nitrogen and oxygen atoms in total. The molecule has 0 amide bonds. The summed E-state index contributed by atoms with van der Waals surface area (Å²) in [7, 11) is 0. The molecule has 3 rings (SSSR count). The Hall–Kier alpha value is -2.42. The van der Waals surface area contributed by atoms with Gasteiger partial charge in [-0.1, -0.05) is 25.6 Å². The first kappa shape index (κ1) is 12.6. The van der Waals surface area contributed by atoms with Crippen LogP contribution in [-0.4, -0.2) is 14.6 Å². The van der Waals surface area contributed by atoms with Crippen molar-refractivity contribution < 1.29 is 0 Å². The summed E-state index contributed by atoms with van der Waals surface area (Å²) in [5, 5.41) is 4.51. The van der Waals surface area contributed by atoms with E-state index in [0.717, 1.165) is 11.1 Å². The lowest BCUT2D eigenvalue weighted by atomic mass is 9.96. The largest absolute Gasteiger partial charge is 0.264 e. The quantitative estimate of drug-likeness (QED) is 0.719. The molecule has 0 radical (unpaired) electrons. The van der Waals surface area contributed by atoms with Gasteiger partial charge in [-0.15, -0.1) is 0 Å². The molecule has 0 spiro atoms. The summed E-state index contributed by atoms with van der Waals surface area (Å²) in [6.07, 6.45) is 7.44. The zero-order valence-electron chi connectivity index (χ0n) is 11.7. The molecule has 1 atom stereocenters. The maximum Gasteiger partial charge on any atom is 0.0725 e. The minimum absolute atomic E-state index is 0.236. The molecule has 0 bridgehead atoms.